The van der Waals surface area contributed by atoms with E-state index in [1.54, 1.807) is 0 Å². The predicted octanol–water partition coefficient (Wildman–Crippen LogP) is 2.72. The summed E-state index contributed by atoms with van der Waals surface area (Å²) in [7, 11) is 0. The third kappa shape index (κ3) is 4.06. The van der Waals surface area contributed by atoms with Crippen molar-refractivity contribution in [3.63, 3.8) is 0 Å². The van der Waals surface area contributed by atoms with E-state index < -0.39 is 0 Å². The first-order valence-electron chi connectivity index (χ1n) is 10.1. The number of aromatic amines is 1. The van der Waals surface area contributed by atoms with Crippen molar-refractivity contribution in [2.75, 3.05) is 39.4 Å². The number of H-pyrrole nitrogens is 1. The minimum Gasteiger partial charge on any atom is -0.379 e. The van der Waals surface area contributed by atoms with Crippen molar-refractivity contribution in [1.82, 2.24) is 25.1 Å². The van der Waals surface area contributed by atoms with Crippen LogP contribution in [0, 0.1) is 13.8 Å². The van der Waals surface area contributed by atoms with Gasteiger partial charge in [0, 0.05) is 43.8 Å². The lowest BCUT2D eigenvalue weighted by Crippen LogP contribution is -2.39. The van der Waals surface area contributed by atoms with Crippen molar-refractivity contribution in [1.29, 1.82) is 0 Å². The summed E-state index contributed by atoms with van der Waals surface area (Å²) < 4.78 is 5.46. The molecule has 0 aliphatic carbocycles. The molecule has 0 bridgehead atoms. The first-order chi connectivity index (χ1) is 13.6. The van der Waals surface area contributed by atoms with E-state index in [0.29, 0.717) is 0 Å². The van der Waals surface area contributed by atoms with Gasteiger partial charge in [0.15, 0.2) is 5.11 Å². The number of rotatable bonds is 6. The van der Waals surface area contributed by atoms with E-state index in [-0.39, 0.29) is 12.1 Å². The van der Waals surface area contributed by atoms with Crippen molar-refractivity contribution in [3.8, 4) is 0 Å². The minimum atomic E-state index is 0.0611. The first-order valence-corrected chi connectivity index (χ1v) is 10.5. The molecule has 2 fully saturated rings. The van der Waals surface area contributed by atoms with Gasteiger partial charge in [-0.1, -0.05) is 6.07 Å². The molecular formula is C21H29N5OS. The van der Waals surface area contributed by atoms with Gasteiger partial charge >= 0.3 is 0 Å². The SMILES string of the molecule is Cc1cc([C@@H]2[C@H](c3ccccn3)NC(=S)N2CCCN2CCOCC2)c(C)[nH]1. The highest BCUT2D eigenvalue weighted by Crippen LogP contribution is 2.40. The maximum Gasteiger partial charge on any atom is 0.170 e. The van der Waals surface area contributed by atoms with Crippen molar-refractivity contribution >= 4 is 17.3 Å². The van der Waals surface area contributed by atoms with E-state index in [1.165, 1.54) is 17.0 Å². The van der Waals surface area contributed by atoms with Crippen LogP contribution in [-0.4, -0.2) is 64.3 Å². The van der Waals surface area contributed by atoms with E-state index in [1.807, 2.05) is 18.3 Å². The molecule has 0 aromatic carbocycles. The normalized spacial score (nSPS) is 23.2. The summed E-state index contributed by atoms with van der Waals surface area (Å²) in [6.45, 7) is 10.00. The summed E-state index contributed by atoms with van der Waals surface area (Å²) >= 11 is 5.76. The van der Waals surface area contributed by atoms with Gasteiger partial charge in [-0.25, -0.2) is 0 Å². The molecule has 2 atom stereocenters. The molecular weight excluding hydrogens is 370 g/mol. The van der Waals surface area contributed by atoms with Gasteiger partial charge in [-0.3, -0.25) is 9.88 Å². The molecule has 28 heavy (non-hydrogen) atoms. The van der Waals surface area contributed by atoms with Crippen molar-refractivity contribution < 1.29 is 4.74 Å². The molecule has 2 N–H and O–H groups in total. The standard InChI is InChI=1S/C21H29N5OS/c1-15-14-17(16(2)23-15)20-19(18-6-3-4-7-22-18)24-21(28)26(20)9-5-8-25-10-12-27-13-11-25/h3-4,6-7,14,19-20,23H,5,8-13H2,1-2H3,(H,24,28)/t19-,20+/m0/s1. The number of ether oxygens (including phenoxy) is 1. The van der Waals surface area contributed by atoms with Crippen molar-refractivity contribution in [2.24, 2.45) is 0 Å². The van der Waals surface area contributed by atoms with Crippen molar-refractivity contribution in [3.05, 3.63) is 53.1 Å². The van der Waals surface area contributed by atoms with Crippen LogP contribution in [0.15, 0.2) is 30.5 Å². The summed E-state index contributed by atoms with van der Waals surface area (Å²) in [5.41, 5.74) is 4.71. The number of aryl methyl sites for hydroxylation is 2. The number of pyridine rings is 1. The van der Waals surface area contributed by atoms with Crippen LogP contribution in [0.1, 0.15) is 41.1 Å². The maximum atomic E-state index is 5.76. The number of aromatic nitrogens is 2. The summed E-state index contributed by atoms with van der Waals surface area (Å²) in [6, 6.07) is 8.54. The van der Waals surface area contributed by atoms with Crippen LogP contribution in [0.3, 0.4) is 0 Å². The molecule has 0 radical (unpaired) electrons. The van der Waals surface area contributed by atoms with Gasteiger partial charge in [-0.05, 0) is 56.2 Å². The lowest BCUT2D eigenvalue weighted by molar-refractivity contribution is 0.0365. The maximum absolute atomic E-state index is 5.76. The largest absolute Gasteiger partial charge is 0.379 e. The molecule has 2 aliphatic rings. The highest BCUT2D eigenvalue weighted by atomic mass is 32.1. The van der Waals surface area contributed by atoms with Crippen LogP contribution < -0.4 is 5.32 Å². The van der Waals surface area contributed by atoms with Crippen LogP contribution >= 0.6 is 12.2 Å². The molecule has 0 unspecified atom stereocenters. The number of nitrogens with zero attached hydrogens (tertiary/aromatic N) is 3. The van der Waals surface area contributed by atoms with E-state index in [9.17, 15) is 0 Å². The number of nitrogens with one attached hydrogen (secondary N) is 2. The zero-order chi connectivity index (χ0) is 19.5. The summed E-state index contributed by atoms with van der Waals surface area (Å²) in [4.78, 5) is 12.9. The molecule has 7 heteroatoms. The molecule has 150 valence electrons. The van der Waals surface area contributed by atoms with Gasteiger partial charge in [-0.2, -0.15) is 0 Å². The molecule has 4 heterocycles. The van der Waals surface area contributed by atoms with E-state index in [0.717, 1.165) is 56.6 Å². The number of hydrogen-bond donors (Lipinski definition) is 2. The zero-order valence-corrected chi connectivity index (χ0v) is 17.5. The molecule has 0 amide bonds. The fourth-order valence-corrected chi connectivity index (χ4v) is 4.66. The van der Waals surface area contributed by atoms with Gasteiger partial charge in [0.2, 0.25) is 0 Å². The van der Waals surface area contributed by atoms with Gasteiger partial charge in [0.25, 0.3) is 0 Å². The van der Waals surface area contributed by atoms with Crippen LogP contribution in [0.4, 0.5) is 0 Å². The first kappa shape index (κ1) is 19.4. The van der Waals surface area contributed by atoms with E-state index in [4.69, 9.17) is 17.0 Å². The molecule has 0 saturated carbocycles. The van der Waals surface area contributed by atoms with Crippen LogP contribution in [0.5, 0.6) is 0 Å². The smallest absolute Gasteiger partial charge is 0.170 e. The predicted molar refractivity (Wildman–Crippen MR) is 114 cm³/mol. The second-order valence-electron chi connectivity index (χ2n) is 7.66. The Hall–Kier alpha value is -1.96. The quantitative estimate of drug-likeness (QED) is 0.729. The van der Waals surface area contributed by atoms with Crippen LogP contribution in [0.25, 0.3) is 0 Å². The summed E-state index contributed by atoms with van der Waals surface area (Å²) in [5, 5.41) is 4.36. The average molecular weight is 400 g/mol. The molecule has 0 spiro atoms. The van der Waals surface area contributed by atoms with Crippen LogP contribution in [-0.2, 0) is 4.74 Å². The fraction of sp³-hybridized carbons (Fsp3) is 0.524. The lowest BCUT2D eigenvalue weighted by atomic mass is 9.96. The highest BCUT2D eigenvalue weighted by molar-refractivity contribution is 7.80. The van der Waals surface area contributed by atoms with E-state index in [2.05, 4.69) is 51.1 Å². The molecule has 4 rings (SSSR count). The van der Waals surface area contributed by atoms with E-state index >= 15 is 0 Å². The van der Waals surface area contributed by atoms with Gasteiger partial charge in [-0.15, -0.1) is 0 Å². The van der Waals surface area contributed by atoms with Gasteiger partial charge in [0.05, 0.1) is 31.0 Å². The Morgan fingerprint density at radius 2 is 2.04 bits per heavy atom. The average Bonchev–Trinajstić information content (AvgIpc) is 3.21. The highest BCUT2D eigenvalue weighted by Gasteiger charge is 2.40. The summed E-state index contributed by atoms with van der Waals surface area (Å²) in [5.74, 6) is 0. The van der Waals surface area contributed by atoms with Crippen molar-refractivity contribution in [2.45, 2.75) is 32.4 Å². The Morgan fingerprint density at radius 3 is 2.71 bits per heavy atom. The third-order valence-corrected chi connectivity index (χ3v) is 6.04. The minimum absolute atomic E-state index is 0.0611. The zero-order valence-electron chi connectivity index (χ0n) is 16.6. The Balaban J connectivity index is 1.54. The Bertz CT molecular complexity index is 802. The second kappa shape index (κ2) is 8.59. The molecule has 2 aromatic rings. The van der Waals surface area contributed by atoms with Gasteiger partial charge < -0.3 is 19.9 Å². The summed E-state index contributed by atoms with van der Waals surface area (Å²) in [6.07, 6.45) is 2.93. The number of morpholine rings is 1. The Kier molecular flexibility index (Phi) is 5.94. The topological polar surface area (TPSA) is 56.4 Å². The number of hydrogen-bond acceptors (Lipinski definition) is 4. The lowest BCUT2D eigenvalue weighted by Gasteiger charge is -2.30. The molecule has 2 saturated heterocycles. The monoisotopic (exact) mass is 399 g/mol. The molecule has 2 aliphatic heterocycles. The fourth-order valence-electron chi connectivity index (χ4n) is 4.33. The molecule has 6 nitrogen and oxygen atoms in total. The second-order valence-corrected chi connectivity index (χ2v) is 8.05. The third-order valence-electron chi connectivity index (χ3n) is 5.68. The Morgan fingerprint density at radius 1 is 1.21 bits per heavy atom. The molecule has 2 aromatic heterocycles. The Labute approximate surface area is 172 Å². The number of thiocarbonyl (C=S) groups is 1. The van der Waals surface area contributed by atoms with Crippen LogP contribution in [0.2, 0.25) is 0 Å². The van der Waals surface area contributed by atoms with Gasteiger partial charge in [0.1, 0.15) is 0 Å².